The van der Waals surface area contributed by atoms with Gasteiger partial charge in [-0.05, 0) is 13.3 Å². The molecule has 2 unspecified atom stereocenters. The Bertz CT molecular complexity index is 108. The average molecular weight is 176 g/mol. The van der Waals surface area contributed by atoms with E-state index in [4.69, 9.17) is 0 Å². The van der Waals surface area contributed by atoms with Gasteiger partial charge in [-0.25, -0.2) is 0 Å². The Morgan fingerprint density at radius 1 is 1.30 bits per heavy atom. The first-order valence-corrected chi connectivity index (χ1v) is 5.65. The van der Waals surface area contributed by atoms with Gasteiger partial charge in [0.25, 0.3) is 0 Å². The third kappa shape index (κ3) is 2.39. The maximum absolute atomic E-state index is 2.35. The van der Waals surface area contributed by atoms with Crippen LogP contribution in [-0.4, -0.2) is 14.6 Å². The van der Waals surface area contributed by atoms with Gasteiger partial charge < -0.3 is 0 Å². The minimum atomic E-state index is 0.518. The van der Waals surface area contributed by atoms with Crippen LogP contribution in [0.2, 0.25) is 0 Å². The van der Waals surface area contributed by atoms with Gasteiger partial charge in [-0.1, -0.05) is 20.8 Å². The van der Waals surface area contributed by atoms with Crippen LogP contribution in [0.25, 0.3) is 0 Å². The Kier molecular flexibility index (Phi) is 2.62. The van der Waals surface area contributed by atoms with Crippen LogP contribution in [0, 0.1) is 0 Å². The molecule has 0 spiro atoms. The predicted octanol–water partition coefficient (Wildman–Crippen LogP) is 3.37. The lowest BCUT2D eigenvalue weighted by Crippen LogP contribution is -2.27. The van der Waals surface area contributed by atoms with Crippen LogP contribution < -0.4 is 0 Å². The lowest BCUT2D eigenvalue weighted by Gasteiger charge is -2.36. The van der Waals surface area contributed by atoms with Crippen molar-refractivity contribution in [3.8, 4) is 0 Å². The van der Waals surface area contributed by atoms with Crippen molar-refractivity contribution >= 4 is 23.5 Å². The lowest BCUT2D eigenvalue weighted by molar-refractivity contribution is 0.629. The Morgan fingerprint density at radius 2 is 1.90 bits per heavy atom. The van der Waals surface area contributed by atoms with Crippen LogP contribution >= 0.6 is 23.5 Å². The number of hydrogen-bond donors (Lipinski definition) is 0. The van der Waals surface area contributed by atoms with E-state index in [2.05, 4.69) is 51.2 Å². The minimum absolute atomic E-state index is 0.518. The van der Waals surface area contributed by atoms with Gasteiger partial charge in [-0.15, -0.1) is 23.5 Å². The number of rotatable bonds is 0. The van der Waals surface area contributed by atoms with Crippen molar-refractivity contribution in [2.75, 3.05) is 0 Å². The average Bonchev–Trinajstić information content (AvgIpc) is 1.54. The molecule has 0 nitrogen and oxygen atoms in total. The molecule has 0 bridgehead atoms. The van der Waals surface area contributed by atoms with Crippen LogP contribution in [0.4, 0.5) is 0 Å². The smallest absolute Gasteiger partial charge is 0.0482 e. The largest absolute Gasteiger partial charge is 0.145 e. The van der Waals surface area contributed by atoms with Gasteiger partial charge in [0, 0.05) is 14.6 Å². The highest BCUT2D eigenvalue weighted by Gasteiger charge is 2.30. The summed E-state index contributed by atoms with van der Waals surface area (Å²) in [5, 5.41) is 0.853. The first-order chi connectivity index (χ1) is 4.49. The topological polar surface area (TPSA) is 0 Å². The first-order valence-electron chi connectivity index (χ1n) is 3.83. The summed E-state index contributed by atoms with van der Waals surface area (Å²) in [6.45, 7) is 9.35. The van der Waals surface area contributed by atoms with Crippen LogP contribution in [0.15, 0.2) is 0 Å². The molecule has 0 aromatic heterocycles. The fourth-order valence-corrected chi connectivity index (χ4v) is 5.68. The van der Waals surface area contributed by atoms with E-state index in [1.54, 1.807) is 0 Å². The normalized spacial score (nSPS) is 39.6. The molecule has 0 aromatic carbocycles. The molecule has 0 aromatic rings. The van der Waals surface area contributed by atoms with Gasteiger partial charge in [0.1, 0.15) is 0 Å². The molecule has 10 heavy (non-hydrogen) atoms. The quantitative estimate of drug-likeness (QED) is 0.555. The standard InChI is InChI=1S/C8H16S2/c1-6-5-8(3,4)10-7(2)9-6/h6-7H,5H2,1-4H3. The van der Waals surface area contributed by atoms with E-state index >= 15 is 0 Å². The van der Waals surface area contributed by atoms with Crippen molar-refractivity contribution in [1.82, 2.24) is 0 Å². The Morgan fingerprint density at radius 3 is 2.30 bits per heavy atom. The fourth-order valence-electron chi connectivity index (χ4n) is 1.59. The molecule has 2 atom stereocenters. The van der Waals surface area contributed by atoms with Crippen LogP contribution in [0.1, 0.15) is 34.1 Å². The van der Waals surface area contributed by atoms with Crippen LogP contribution in [-0.2, 0) is 0 Å². The Hall–Kier alpha value is 0.700. The molecule has 0 amide bonds. The Labute approximate surface area is 72.5 Å². The molecule has 60 valence electrons. The second-order valence-corrected chi connectivity index (χ2v) is 7.73. The van der Waals surface area contributed by atoms with E-state index in [9.17, 15) is 0 Å². The molecular formula is C8H16S2. The van der Waals surface area contributed by atoms with Crippen molar-refractivity contribution in [3.05, 3.63) is 0 Å². The molecule has 1 saturated heterocycles. The van der Waals surface area contributed by atoms with Gasteiger partial charge in [0.15, 0.2) is 0 Å². The Balaban J connectivity index is 2.51. The molecule has 0 radical (unpaired) electrons. The number of hydrogen-bond acceptors (Lipinski definition) is 2. The summed E-state index contributed by atoms with van der Waals surface area (Å²) in [6, 6.07) is 0. The molecule has 0 N–H and O–H groups in total. The fraction of sp³-hybridized carbons (Fsp3) is 1.00. The highest BCUT2D eigenvalue weighted by Crippen LogP contribution is 2.46. The summed E-state index contributed by atoms with van der Waals surface area (Å²) >= 11 is 4.22. The van der Waals surface area contributed by atoms with Gasteiger partial charge >= 0.3 is 0 Å². The highest BCUT2D eigenvalue weighted by molar-refractivity contribution is 8.18. The van der Waals surface area contributed by atoms with Crippen molar-refractivity contribution in [1.29, 1.82) is 0 Å². The third-order valence-corrected chi connectivity index (χ3v) is 4.46. The van der Waals surface area contributed by atoms with Crippen LogP contribution in [0.3, 0.4) is 0 Å². The van der Waals surface area contributed by atoms with Gasteiger partial charge in [-0.2, -0.15) is 0 Å². The molecule has 0 saturated carbocycles. The van der Waals surface area contributed by atoms with Crippen LogP contribution in [0.5, 0.6) is 0 Å². The second kappa shape index (κ2) is 2.98. The van der Waals surface area contributed by atoms with E-state index in [0.29, 0.717) is 4.75 Å². The van der Waals surface area contributed by atoms with Crippen molar-refractivity contribution < 1.29 is 0 Å². The lowest BCUT2D eigenvalue weighted by atomic mass is 10.1. The maximum atomic E-state index is 2.35. The monoisotopic (exact) mass is 176 g/mol. The van der Waals surface area contributed by atoms with E-state index in [-0.39, 0.29) is 0 Å². The minimum Gasteiger partial charge on any atom is -0.145 e. The zero-order valence-corrected chi connectivity index (χ0v) is 8.81. The van der Waals surface area contributed by atoms with Gasteiger partial charge in [0.2, 0.25) is 0 Å². The molecule has 2 heteroatoms. The molecule has 0 aliphatic carbocycles. The SMILES string of the molecule is CC1CC(C)(C)SC(C)S1. The summed E-state index contributed by atoms with van der Waals surface area (Å²) in [6.07, 6.45) is 1.35. The summed E-state index contributed by atoms with van der Waals surface area (Å²) in [7, 11) is 0. The van der Waals surface area contributed by atoms with Crippen molar-refractivity contribution in [2.24, 2.45) is 0 Å². The van der Waals surface area contributed by atoms with Gasteiger partial charge in [-0.3, -0.25) is 0 Å². The predicted molar refractivity (Wildman–Crippen MR) is 52.8 cm³/mol. The molecular weight excluding hydrogens is 160 g/mol. The summed E-state index contributed by atoms with van der Waals surface area (Å²) < 4.78 is 1.31. The first kappa shape index (κ1) is 8.79. The van der Waals surface area contributed by atoms with Crippen molar-refractivity contribution in [3.63, 3.8) is 0 Å². The van der Waals surface area contributed by atoms with E-state index in [1.807, 2.05) is 0 Å². The third-order valence-electron chi connectivity index (χ3n) is 1.69. The number of thioether (sulfide) groups is 2. The maximum Gasteiger partial charge on any atom is 0.0482 e. The molecule has 1 aliphatic heterocycles. The molecule has 1 fully saturated rings. The summed E-state index contributed by atoms with van der Waals surface area (Å²) in [5.74, 6) is 0. The van der Waals surface area contributed by atoms with E-state index in [1.165, 1.54) is 6.42 Å². The second-order valence-electron chi connectivity index (χ2n) is 3.60. The van der Waals surface area contributed by atoms with Gasteiger partial charge in [0.05, 0.1) is 0 Å². The molecule has 1 rings (SSSR count). The summed E-state index contributed by atoms with van der Waals surface area (Å²) in [5.41, 5.74) is 0. The van der Waals surface area contributed by atoms with E-state index < -0.39 is 0 Å². The zero-order valence-electron chi connectivity index (χ0n) is 7.18. The molecule has 1 aliphatic rings. The zero-order chi connectivity index (χ0) is 7.78. The summed E-state index contributed by atoms with van der Waals surface area (Å²) in [4.78, 5) is 0. The molecule has 1 heterocycles. The van der Waals surface area contributed by atoms with Crippen molar-refractivity contribution in [2.45, 2.75) is 48.7 Å². The highest BCUT2D eigenvalue weighted by atomic mass is 32.2. The van der Waals surface area contributed by atoms with E-state index in [0.717, 1.165) is 9.83 Å².